The van der Waals surface area contributed by atoms with Crippen LogP contribution < -0.4 is 10.6 Å². The predicted octanol–water partition coefficient (Wildman–Crippen LogP) is 7.39. The van der Waals surface area contributed by atoms with Crippen molar-refractivity contribution in [3.8, 4) is 0 Å². The van der Waals surface area contributed by atoms with E-state index in [4.69, 9.17) is 23.2 Å². The average Bonchev–Trinajstić information content (AvgIpc) is 2.97. The van der Waals surface area contributed by atoms with Crippen molar-refractivity contribution < 1.29 is 38.2 Å². The summed E-state index contributed by atoms with van der Waals surface area (Å²) >= 11 is 13.4. The van der Waals surface area contributed by atoms with E-state index in [-0.39, 0.29) is 74.4 Å². The molecular weight excluding hydrogens is 655 g/mol. The Hall–Kier alpha value is -3.67. The van der Waals surface area contributed by atoms with Crippen LogP contribution in [0.3, 0.4) is 0 Å². The van der Waals surface area contributed by atoms with Crippen LogP contribution in [0.15, 0.2) is 46.9 Å². The number of nitrogens with one attached hydrogen (secondary N) is 2. The van der Waals surface area contributed by atoms with Crippen LogP contribution in [0.25, 0.3) is 0 Å². The van der Waals surface area contributed by atoms with Crippen molar-refractivity contribution in [3.63, 3.8) is 0 Å². The third-order valence-electron chi connectivity index (χ3n) is 6.05. The maximum atomic E-state index is 12.7. The lowest BCUT2D eigenvalue weighted by atomic mass is 10.0. The third-order valence-corrected chi connectivity index (χ3v) is 7.52. The lowest BCUT2D eigenvalue weighted by Gasteiger charge is -2.13. The highest BCUT2D eigenvalue weighted by Crippen LogP contribution is 2.27. The van der Waals surface area contributed by atoms with Gasteiger partial charge in [0.2, 0.25) is 5.91 Å². The summed E-state index contributed by atoms with van der Waals surface area (Å²) in [6, 6.07) is 8.80. The first kappa shape index (κ1) is 40.4. The molecular formula is C33H40Cl2N2O8S. The Morgan fingerprint density at radius 3 is 1.63 bits per heavy atom. The molecule has 0 aliphatic heterocycles. The topological polar surface area (TPSA) is 145 Å². The van der Waals surface area contributed by atoms with Crippen molar-refractivity contribution in [1.29, 1.82) is 0 Å². The van der Waals surface area contributed by atoms with Gasteiger partial charge in [0.15, 0.2) is 5.78 Å². The number of Topliss-reactive ketones (excluding diaryl/α,β-unsaturated/α-hetero) is 2. The molecule has 0 aromatic heterocycles. The lowest BCUT2D eigenvalue weighted by Crippen LogP contribution is -2.23. The van der Waals surface area contributed by atoms with Gasteiger partial charge in [-0.15, -0.1) is 11.8 Å². The Morgan fingerprint density at radius 1 is 0.761 bits per heavy atom. The number of thioether (sulfide) groups is 1. The van der Waals surface area contributed by atoms with Crippen molar-refractivity contribution in [2.45, 2.75) is 53.9 Å². The molecule has 0 heterocycles. The fourth-order valence-electron chi connectivity index (χ4n) is 3.88. The van der Waals surface area contributed by atoms with Crippen molar-refractivity contribution in [1.82, 2.24) is 0 Å². The summed E-state index contributed by atoms with van der Waals surface area (Å²) in [6.45, 7) is 9.38. The van der Waals surface area contributed by atoms with Gasteiger partial charge in [0.05, 0.1) is 58.8 Å². The monoisotopic (exact) mass is 694 g/mol. The van der Waals surface area contributed by atoms with Crippen LogP contribution in [-0.4, -0.2) is 55.8 Å². The zero-order chi connectivity index (χ0) is 35.1. The first-order valence-corrected chi connectivity index (χ1v) is 16.2. The quantitative estimate of drug-likeness (QED) is 0.0949. The van der Waals surface area contributed by atoms with Gasteiger partial charge in [0.1, 0.15) is 5.78 Å². The van der Waals surface area contributed by atoms with Gasteiger partial charge >= 0.3 is 11.9 Å². The van der Waals surface area contributed by atoms with Crippen molar-refractivity contribution in [2.24, 2.45) is 11.8 Å². The van der Waals surface area contributed by atoms with Crippen LogP contribution in [0.5, 0.6) is 0 Å². The number of amides is 2. The van der Waals surface area contributed by atoms with Crippen molar-refractivity contribution in [2.75, 3.05) is 31.1 Å². The maximum absolute atomic E-state index is 12.7. The zero-order valence-electron chi connectivity index (χ0n) is 27.2. The average molecular weight is 696 g/mol. The number of methoxy groups -OCH3 is 2. The normalized spacial score (nSPS) is 11.1. The van der Waals surface area contributed by atoms with Gasteiger partial charge in [-0.1, -0.05) is 50.9 Å². The number of anilines is 2. The molecule has 250 valence electrons. The molecule has 2 rings (SSSR count). The standard InChI is InChI=1S/C18H22ClNO4S.C15H18ClNO4/c1-10(2)8-15(21)16(11(3)25-5)17(22)20-14-9-12(18(23)24-4)6-7-13(14)19;1-9(2)6-11(18)8-14(19)17-13-7-10(15(20)21-3)4-5-12(13)16/h6-7,9-10H,8H2,1-5H3,(H,20,22);4-5,7,9H,6,8H2,1-3H3,(H,17,19)/b16-11+;. The van der Waals surface area contributed by atoms with E-state index in [0.717, 1.165) is 0 Å². The number of ketones is 2. The molecule has 0 atom stereocenters. The maximum Gasteiger partial charge on any atom is 0.337 e. The number of ether oxygens (including phenoxy) is 2. The molecule has 2 aromatic rings. The van der Waals surface area contributed by atoms with Crippen LogP contribution in [0.4, 0.5) is 11.4 Å². The van der Waals surface area contributed by atoms with Gasteiger partial charge in [0, 0.05) is 12.8 Å². The Balaban J connectivity index is 0.000000467. The molecule has 0 aliphatic carbocycles. The molecule has 0 unspecified atom stereocenters. The zero-order valence-corrected chi connectivity index (χ0v) is 29.5. The first-order chi connectivity index (χ1) is 21.5. The molecule has 0 bridgehead atoms. The molecule has 2 amide bonds. The smallest absolute Gasteiger partial charge is 0.337 e. The summed E-state index contributed by atoms with van der Waals surface area (Å²) in [5.41, 5.74) is 1.16. The van der Waals surface area contributed by atoms with E-state index in [9.17, 15) is 28.8 Å². The molecule has 0 radical (unpaired) electrons. The molecule has 10 nitrogen and oxygen atoms in total. The molecule has 0 fully saturated rings. The minimum absolute atomic E-state index is 0.112. The predicted molar refractivity (Wildman–Crippen MR) is 183 cm³/mol. The molecule has 0 saturated carbocycles. The van der Waals surface area contributed by atoms with E-state index in [1.54, 1.807) is 13.2 Å². The van der Waals surface area contributed by atoms with E-state index in [1.807, 2.05) is 27.7 Å². The van der Waals surface area contributed by atoms with E-state index < -0.39 is 23.8 Å². The van der Waals surface area contributed by atoms with Gasteiger partial charge in [-0.05, 0) is 66.3 Å². The fraction of sp³-hybridized carbons (Fsp3) is 0.394. The fourth-order valence-corrected chi connectivity index (χ4v) is 4.62. The molecule has 46 heavy (non-hydrogen) atoms. The van der Waals surface area contributed by atoms with Gasteiger partial charge in [-0.25, -0.2) is 9.59 Å². The number of benzene rings is 2. The second-order valence-electron chi connectivity index (χ2n) is 10.8. The van der Waals surface area contributed by atoms with Crippen LogP contribution in [0.2, 0.25) is 10.0 Å². The summed E-state index contributed by atoms with van der Waals surface area (Å²) in [7, 11) is 2.53. The summed E-state index contributed by atoms with van der Waals surface area (Å²) in [4.78, 5) is 72.2. The SMILES string of the molecule is COC(=O)c1ccc(Cl)c(NC(=O)/C(C(=O)CC(C)C)=C(\C)SC)c1.COC(=O)c1ccc(Cl)c(NC(=O)CC(=O)CC(C)C)c1. The molecule has 0 saturated heterocycles. The second kappa shape index (κ2) is 19.8. The van der Waals surface area contributed by atoms with Gasteiger partial charge < -0.3 is 20.1 Å². The first-order valence-electron chi connectivity index (χ1n) is 14.2. The van der Waals surface area contributed by atoms with Gasteiger partial charge in [-0.3, -0.25) is 19.2 Å². The Morgan fingerprint density at radius 2 is 1.22 bits per heavy atom. The van der Waals surface area contributed by atoms with Crippen LogP contribution in [0.1, 0.15) is 74.6 Å². The highest BCUT2D eigenvalue weighted by molar-refractivity contribution is 8.02. The number of halogens is 2. The van der Waals surface area contributed by atoms with E-state index in [0.29, 0.717) is 11.3 Å². The van der Waals surface area contributed by atoms with Crippen molar-refractivity contribution in [3.05, 3.63) is 68.0 Å². The highest BCUT2D eigenvalue weighted by Gasteiger charge is 2.23. The van der Waals surface area contributed by atoms with Gasteiger partial charge in [-0.2, -0.15) is 0 Å². The molecule has 2 aromatic carbocycles. The van der Waals surface area contributed by atoms with Crippen LogP contribution in [-0.2, 0) is 28.7 Å². The van der Waals surface area contributed by atoms with Crippen LogP contribution >= 0.6 is 35.0 Å². The number of hydrogen-bond acceptors (Lipinski definition) is 9. The number of rotatable bonds is 13. The summed E-state index contributed by atoms with van der Waals surface area (Å²) < 4.78 is 9.26. The third kappa shape index (κ3) is 13.4. The van der Waals surface area contributed by atoms with E-state index in [1.165, 1.54) is 62.4 Å². The largest absolute Gasteiger partial charge is 0.465 e. The summed E-state index contributed by atoms with van der Waals surface area (Å²) in [6.07, 6.45) is 2.22. The molecule has 0 spiro atoms. The molecule has 0 aliphatic rings. The summed E-state index contributed by atoms with van der Waals surface area (Å²) in [5.74, 6) is -2.08. The Bertz CT molecular complexity index is 1490. The molecule has 13 heteroatoms. The number of carbonyl (C=O) groups excluding carboxylic acids is 6. The van der Waals surface area contributed by atoms with Crippen molar-refractivity contribution >= 4 is 81.7 Å². The van der Waals surface area contributed by atoms with E-state index >= 15 is 0 Å². The number of allylic oxidation sites excluding steroid dienone is 1. The molecule has 2 N–H and O–H groups in total. The number of carbonyl (C=O) groups is 6. The number of hydrogen-bond donors (Lipinski definition) is 2. The van der Waals surface area contributed by atoms with Crippen LogP contribution in [0, 0.1) is 11.8 Å². The second-order valence-corrected chi connectivity index (χ2v) is 12.7. The highest BCUT2D eigenvalue weighted by atomic mass is 35.5. The number of esters is 2. The minimum Gasteiger partial charge on any atom is -0.465 e. The Kier molecular flexibility index (Phi) is 17.3. The Labute approximate surface area is 283 Å². The summed E-state index contributed by atoms with van der Waals surface area (Å²) in [5, 5.41) is 5.71. The lowest BCUT2D eigenvalue weighted by molar-refractivity contribution is -0.126. The minimum atomic E-state index is -0.542. The van der Waals surface area contributed by atoms with Gasteiger partial charge in [0.25, 0.3) is 5.91 Å². The van der Waals surface area contributed by atoms with E-state index in [2.05, 4.69) is 20.1 Å².